The predicted octanol–water partition coefficient (Wildman–Crippen LogP) is 3.62. The summed E-state index contributed by atoms with van der Waals surface area (Å²) in [5.74, 6) is 0.501. The van der Waals surface area contributed by atoms with Crippen LogP contribution in [0.1, 0.15) is 38.2 Å². The Hall–Kier alpha value is -0.450. The molecule has 2 nitrogen and oxygen atoms in total. The summed E-state index contributed by atoms with van der Waals surface area (Å²) < 4.78 is 13.9. The Bertz CT molecular complexity index is 430. The van der Waals surface area contributed by atoms with Crippen LogP contribution in [-0.2, 0) is 6.54 Å². The van der Waals surface area contributed by atoms with E-state index < -0.39 is 0 Å². The van der Waals surface area contributed by atoms with Crippen LogP contribution in [0.3, 0.4) is 0 Å². The van der Waals surface area contributed by atoms with Gasteiger partial charge in [-0.05, 0) is 65.2 Å². The lowest BCUT2D eigenvalue weighted by Gasteiger charge is -2.39. The van der Waals surface area contributed by atoms with E-state index in [4.69, 9.17) is 0 Å². The van der Waals surface area contributed by atoms with Gasteiger partial charge in [0.25, 0.3) is 0 Å². The highest BCUT2D eigenvalue weighted by molar-refractivity contribution is 9.10. The first-order valence-electron chi connectivity index (χ1n) is 6.84. The average molecular weight is 330 g/mol. The van der Waals surface area contributed by atoms with E-state index in [1.807, 2.05) is 6.07 Å². The largest absolute Gasteiger partial charge is 0.394 e. The Balaban J connectivity index is 1.97. The Labute approximate surface area is 122 Å². The molecular formula is C15H21BrFNO. The second kappa shape index (κ2) is 6.33. The molecule has 1 fully saturated rings. The minimum atomic E-state index is -0.241. The molecule has 19 heavy (non-hydrogen) atoms. The fraction of sp³-hybridized carbons (Fsp3) is 0.600. The Morgan fingerprint density at radius 3 is 2.68 bits per heavy atom. The summed E-state index contributed by atoms with van der Waals surface area (Å²) in [5.41, 5.74) is 0.725. The van der Waals surface area contributed by atoms with Gasteiger partial charge >= 0.3 is 0 Å². The fourth-order valence-corrected chi connectivity index (χ4v) is 2.89. The van der Waals surface area contributed by atoms with Crippen LogP contribution in [-0.4, -0.2) is 17.3 Å². The fourth-order valence-electron chi connectivity index (χ4n) is 2.64. The molecule has 0 aromatic heterocycles. The summed E-state index contributed by atoms with van der Waals surface area (Å²) in [6, 6.07) is 5.16. The number of aliphatic hydroxyl groups is 1. The van der Waals surface area contributed by atoms with E-state index in [2.05, 4.69) is 28.2 Å². The van der Waals surface area contributed by atoms with Gasteiger partial charge in [-0.2, -0.15) is 0 Å². The molecule has 2 N–H and O–H groups in total. The van der Waals surface area contributed by atoms with Crippen LogP contribution in [0.2, 0.25) is 0 Å². The minimum absolute atomic E-state index is 0.152. The van der Waals surface area contributed by atoms with E-state index in [0.717, 1.165) is 37.2 Å². The molecule has 4 heteroatoms. The van der Waals surface area contributed by atoms with Crippen molar-refractivity contribution in [2.75, 3.05) is 6.61 Å². The molecule has 1 aliphatic carbocycles. The molecule has 0 unspecified atom stereocenters. The van der Waals surface area contributed by atoms with Crippen LogP contribution < -0.4 is 5.32 Å². The van der Waals surface area contributed by atoms with Gasteiger partial charge in [0.15, 0.2) is 0 Å². The predicted molar refractivity (Wildman–Crippen MR) is 78.4 cm³/mol. The molecule has 0 aliphatic heterocycles. The molecule has 0 atom stereocenters. The highest BCUT2D eigenvalue weighted by Gasteiger charge is 2.32. The van der Waals surface area contributed by atoms with Crippen molar-refractivity contribution in [3.8, 4) is 0 Å². The summed E-state index contributed by atoms with van der Waals surface area (Å²) in [7, 11) is 0. The van der Waals surface area contributed by atoms with Gasteiger partial charge in [0.1, 0.15) is 5.82 Å². The first-order valence-corrected chi connectivity index (χ1v) is 7.64. The van der Waals surface area contributed by atoms with E-state index in [1.165, 1.54) is 6.07 Å². The van der Waals surface area contributed by atoms with Gasteiger partial charge in [-0.3, -0.25) is 0 Å². The van der Waals surface area contributed by atoms with E-state index in [-0.39, 0.29) is 18.0 Å². The Morgan fingerprint density at radius 1 is 1.42 bits per heavy atom. The molecule has 0 saturated heterocycles. The average Bonchev–Trinajstić information content (AvgIpc) is 2.42. The number of hydrogen-bond acceptors (Lipinski definition) is 2. The van der Waals surface area contributed by atoms with E-state index >= 15 is 0 Å². The zero-order valence-corrected chi connectivity index (χ0v) is 12.8. The van der Waals surface area contributed by atoms with E-state index in [1.54, 1.807) is 6.07 Å². The van der Waals surface area contributed by atoms with Crippen LogP contribution in [0.15, 0.2) is 22.7 Å². The quantitative estimate of drug-likeness (QED) is 0.884. The summed E-state index contributed by atoms with van der Waals surface area (Å²) >= 11 is 3.15. The van der Waals surface area contributed by atoms with Gasteiger partial charge < -0.3 is 10.4 Å². The number of nitrogens with one attached hydrogen (secondary N) is 1. The van der Waals surface area contributed by atoms with Gasteiger partial charge in [0.2, 0.25) is 0 Å². The first kappa shape index (κ1) is 14.9. The Kier molecular flexibility index (Phi) is 4.98. The molecule has 2 rings (SSSR count). The minimum Gasteiger partial charge on any atom is -0.394 e. The normalized spacial score (nSPS) is 27.5. The summed E-state index contributed by atoms with van der Waals surface area (Å²) in [5, 5.41) is 13.1. The number of benzene rings is 1. The van der Waals surface area contributed by atoms with Crippen molar-refractivity contribution < 1.29 is 9.50 Å². The van der Waals surface area contributed by atoms with Gasteiger partial charge in [-0.15, -0.1) is 0 Å². The first-order chi connectivity index (χ1) is 9.04. The van der Waals surface area contributed by atoms with Gasteiger partial charge in [-0.25, -0.2) is 4.39 Å². The zero-order chi connectivity index (χ0) is 13.9. The second-order valence-electron chi connectivity index (χ2n) is 5.72. The number of aliphatic hydroxyl groups excluding tert-OH is 1. The van der Waals surface area contributed by atoms with Crippen molar-refractivity contribution >= 4 is 15.9 Å². The summed E-state index contributed by atoms with van der Waals surface area (Å²) in [6.45, 7) is 3.00. The highest BCUT2D eigenvalue weighted by atomic mass is 79.9. The van der Waals surface area contributed by atoms with Crippen molar-refractivity contribution in [2.24, 2.45) is 5.92 Å². The molecule has 1 aromatic carbocycles. The zero-order valence-electron chi connectivity index (χ0n) is 11.3. The Morgan fingerprint density at radius 2 is 2.11 bits per heavy atom. The molecule has 0 amide bonds. The maximum absolute atomic E-state index is 13.4. The third-order valence-electron chi connectivity index (χ3n) is 4.19. The molecule has 1 saturated carbocycles. The van der Waals surface area contributed by atoms with Gasteiger partial charge in [-0.1, -0.05) is 13.0 Å². The van der Waals surface area contributed by atoms with Crippen molar-refractivity contribution in [3.05, 3.63) is 34.1 Å². The lowest BCUT2D eigenvalue weighted by atomic mass is 9.77. The van der Waals surface area contributed by atoms with Crippen LogP contribution in [0, 0.1) is 11.7 Å². The maximum Gasteiger partial charge on any atom is 0.137 e. The lowest BCUT2D eigenvalue weighted by Crippen LogP contribution is -2.50. The summed E-state index contributed by atoms with van der Waals surface area (Å²) in [4.78, 5) is 0. The van der Waals surface area contributed by atoms with Gasteiger partial charge in [0.05, 0.1) is 11.1 Å². The molecule has 0 bridgehead atoms. The van der Waals surface area contributed by atoms with Crippen LogP contribution in [0.4, 0.5) is 4.39 Å². The summed E-state index contributed by atoms with van der Waals surface area (Å²) in [6.07, 6.45) is 4.26. The molecule has 0 radical (unpaired) electrons. The second-order valence-corrected chi connectivity index (χ2v) is 6.58. The van der Waals surface area contributed by atoms with Crippen molar-refractivity contribution in [2.45, 2.75) is 44.7 Å². The van der Waals surface area contributed by atoms with Crippen molar-refractivity contribution in [3.63, 3.8) is 0 Å². The van der Waals surface area contributed by atoms with Crippen LogP contribution in [0.25, 0.3) is 0 Å². The smallest absolute Gasteiger partial charge is 0.137 e. The van der Waals surface area contributed by atoms with Crippen LogP contribution >= 0.6 is 15.9 Å². The highest BCUT2D eigenvalue weighted by Crippen LogP contribution is 2.32. The third-order valence-corrected chi connectivity index (χ3v) is 4.83. The number of halogens is 2. The monoisotopic (exact) mass is 329 g/mol. The number of rotatable bonds is 4. The van der Waals surface area contributed by atoms with Gasteiger partial charge in [0, 0.05) is 12.1 Å². The number of hydrogen-bond donors (Lipinski definition) is 2. The third kappa shape index (κ3) is 3.77. The topological polar surface area (TPSA) is 32.3 Å². The molecular weight excluding hydrogens is 309 g/mol. The molecule has 0 heterocycles. The van der Waals surface area contributed by atoms with Crippen LogP contribution in [0.5, 0.6) is 0 Å². The molecule has 0 spiro atoms. The molecule has 1 aromatic rings. The van der Waals surface area contributed by atoms with Crippen molar-refractivity contribution in [1.29, 1.82) is 0 Å². The maximum atomic E-state index is 13.4. The van der Waals surface area contributed by atoms with Crippen molar-refractivity contribution in [1.82, 2.24) is 5.32 Å². The van der Waals surface area contributed by atoms with E-state index in [9.17, 15) is 9.50 Å². The molecule has 1 aliphatic rings. The standard InChI is InChI=1S/C15H21BrFNO/c1-11-4-6-15(10-19,7-5-11)18-9-12-2-3-13(16)14(17)8-12/h2-3,8,11,18-19H,4-7,9-10H2,1H3. The van der Waals surface area contributed by atoms with E-state index in [0.29, 0.717) is 11.0 Å². The lowest BCUT2D eigenvalue weighted by molar-refractivity contribution is 0.104. The molecule has 106 valence electrons. The SMILES string of the molecule is CC1CCC(CO)(NCc2ccc(Br)c(F)c2)CC1.